The van der Waals surface area contributed by atoms with Crippen molar-refractivity contribution in [3.8, 4) is 5.75 Å². The zero-order valence-electron chi connectivity index (χ0n) is 9.89. The quantitative estimate of drug-likeness (QED) is 0.843. The summed E-state index contributed by atoms with van der Waals surface area (Å²) in [5, 5.41) is 12.3. The smallest absolute Gasteiger partial charge is 0.136 e. The van der Waals surface area contributed by atoms with Crippen LogP contribution in [0.1, 0.15) is 34.6 Å². The molecule has 0 aliphatic carbocycles. The van der Waals surface area contributed by atoms with E-state index in [0.717, 1.165) is 26.2 Å². The van der Waals surface area contributed by atoms with Crippen molar-refractivity contribution < 1.29 is 9.84 Å². The molecule has 0 fully saturated rings. The molecule has 0 amide bonds. The van der Waals surface area contributed by atoms with E-state index < -0.39 is 6.10 Å². The lowest BCUT2D eigenvalue weighted by Gasteiger charge is -2.29. The van der Waals surface area contributed by atoms with E-state index >= 15 is 0 Å². The molecule has 0 bridgehead atoms. The summed E-state index contributed by atoms with van der Waals surface area (Å²) in [5.74, 6) is 0.800. The number of hydrogen-bond acceptors (Lipinski definition) is 3. The maximum absolute atomic E-state index is 10.2. The summed E-state index contributed by atoms with van der Waals surface area (Å²) in [6.07, 6.45) is 0.120. The molecule has 2 nitrogen and oxygen atoms in total. The summed E-state index contributed by atoms with van der Waals surface area (Å²) >= 11 is 5.10. The normalized spacial score (nSPS) is 22.4. The molecule has 94 valence electrons. The average molecular weight is 325 g/mol. The van der Waals surface area contributed by atoms with Gasteiger partial charge in [0.15, 0.2) is 0 Å². The Morgan fingerprint density at radius 3 is 2.94 bits per heavy atom. The number of ether oxygens (including phenoxy) is 1. The molecule has 1 N–H and O–H groups in total. The summed E-state index contributed by atoms with van der Waals surface area (Å²) in [6, 6.07) is 8.02. The minimum Gasteiger partial charge on any atom is -0.484 e. The van der Waals surface area contributed by atoms with E-state index in [1.54, 1.807) is 11.3 Å². The molecule has 18 heavy (non-hydrogen) atoms. The lowest BCUT2D eigenvalue weighted by atomic mass is 9.97. The van der Waals surface area contributed by atoms with Gasteiger partial charge in [0.1, 0.15) is 11.9 Å². The van der Waals surface area contributed by atoms with E-state index in [1.165, 1.54) is 0 Å². The first-order valence-electron chi connectivity index (χ1n) is 5.82. The number of rotatable bonds is 1. The molecular weight excluding hydrogens is 312 g/mol. The van der Waals surface area contributed by atoms with Gasteiger partial charge >= 0.3 is 0 Å². The van der Waals surface area contributed by atoms with Gasteiger partial charge in [0, 0.05) is 26.7 Å². The van der Waals surface area contributed by atoms with E-state index in [-0.39, 0.29) is 6.10 Å². The number of hydrogen-bond donors (Lipinski definition) is 1. The Morgan fingerprint density at radius 2 is 2.22 bits per heavy atom. The highest BCUT2D eigenvalue weighted by atomic mass is 79.9. The molecule has 0 saturated heterocycles. The number of thiophene rings is 1. The van der Waals surface area contributed by atoms with Crippen LogP contribution in [0.2, 0.25) is 0 Å². The number of benzene rings is 1. The summed E-state index contributed by atoms with van der Waals surface area (Å²) in [4.78, 5) is 1.15. The predicted octanol–water partition coefficient (Wildman–Crippen LogP) is 4.38. The fraction of sp³-hybridized carbons (Fsp3) is 0.286. The van der Waals surface area contributed by atoms with Gasteiger partial charge in [-0.15, -0.1) is 11.3 Å². The van der Waals surface area contributed by atoms with E-state index in [1.807, 2.05) is 30.5 Å². The number of halogens is 1. The van der Waals surface area contributed by atoms with Gasteiger partial charge in [-0.05, 0) is 41.1 Å². The molecule has 1 aromatic carbocycles. The summed E-state index contributed by atoms with van der Waals surface area (Å²) in [6.45, 7) is 2.02. The zero-order chi connectivity index (χ0) is 12.7. The van der Waals surface area contributed by atoms with Crippen LogP contribution >= 0.6 is 27.3 Å². The van der Waals surface area contributed by atoms with Crippen LogP contribution in [0.25, 0.3) is 0 Å². The Labute approximate surface area is 118 Å². The van der Waals surface area contributed by atoms with Crippen LogP contribution in [-0.4, -0.2) is 5.11 Å². The highest BCUT2D eigenvalue weighted by molar-refractivity contribution is 9.10. The largest absolute Gasteiger partial charge is 0.484 e. The Balaban J connectivity index is 1.94. The molecule has 1 aliphatic rings. The third-order valence-electron chi connectivity index (χ3n) is 3.14. The lowest BCUT2D eigenvalue weighted by Crippen LogP contribution is -2.18. The predicted molar refractivity (Wildman–Crippen MR) is 76.1 cm³/mol. The van der Waals surface area contributed by atoms with Crippen molar-refractivity contribution in [2.45, 2.75) is 25.6 Å². The minimum absolute atomic E-state index is 0.0495. The van der Waals surface area contributed by atoms with Crippen LogP contribution in [0.15, 0.2) is 34.1 Å². The SMILES string of the molecule is Cc1ccc2c(c1)[C@H](O)CC(c1cc(Br)cs1)O2. The third-order valence-corrected chi connectivity index (χ3v) is 4.92. The summed E-state index contributed by atoms with van der Waals surface area (Å²) < 4.78 is 7.05. The second-order valence-corrected chi connectivity index (χ2v) is 6.43. The number of aryl methyl sites for hydroxylation is 1. The van der Waals surface area contributed by atoms with E-state index in [4.69, 9.17) is 4.74 Å². The highest BCUT2D eigenvalue weighted by Crippen LogP contribution is 2.42. The van der Waals surface area contributed by atoms with Crippen molar-refractivity contribution in [3.63, 3.8) is 0 Å². The fourth-order valence-electron chi connectivity index (χ4n) is 2.24. The van der Waals surface area contributed by atoms with Gasteiger partial charge in [-0.3, -0.25) is 0 Å². The van der Waals surface area contributed by atoms with Gasteiger partial charge < -0.3 is 9.84 Å². The molecule has 1 aliphatic heterocycles. The lowest BCUT2D eigenvalue weighted by molar-refractivity contribution is 0.0673. The second kappa shape index (κ2) is 4.68. The van der Waals surface area contributed by atoms with E-state index in [9.17, 15) is 5.11 Å². The third kappa shape index (κ3) is 2.20. The van der Waals surface area contributed by atoms with Crippen LogP contribution in [0.4, 0.5) is 0 Å². The molecule has 0 saturated carbocycles. The average Bonchev–Trinajstić information content (AvgIpc) is 2.77. The maximum atomic E-state index is 10.2. The van der Waals surface area contributed by atoms with Crippen molar-refractivity contribution in [1.29, 1.82) is 0 Å². The monoisotopic (exact) mass is 324 g/mol. The van der Waals surface area contributed by atoms with Crippen molar-refractivity contribution in [1.82, 2.24) is 0 Å². The first-order chi connectivity index (χ1) is 8.63. The van der Waals surface area contributed by atoms with Crippen molar-refractivity contribution in [3.05, 3.63) is 50.1 Å². The van der Waals surface area contributed by atoms with Crippen molar-refractivity contribution in [2.24, 2.45) is 0 Å². The molecule has 1 unspecified atom stereocenters. The molecule has 2 atom stereocenters. The Morgan fingerprint density at radius 1 is 1.39 bits per heavy atom. The van der Waals surface area contributed by atoms with Crippen LogP contribution < -0.4 is 4.74 Å². The zero-order valence-corrected chi connectivity index (χ0v) is 12.3. The van der Waals surface area contributed by atoms with Crippen LogP contribution in [0, 0.1) is 6.92 Å². The second-order valence-electron chi connectivity index (χ2n) is 4.57. The number of fused-ring (bicyclic) bond motifs is 1. The van der Waals surface area contributed by atoms with E-state index in [2.05, 4.69) is 22.0 Å². The Hall–Kier alpha value is -0.840. The van der Waals surface area contributed by atoms with Gasteiger partial charge in [-0.25, -0.2) is 0 Å². The van der Waals surface area contributed by atoms with Gasteiger partial charge in [0.25, 0.3) is 0 Å². The minimum atomic E-state index is -0.445. The first kappa shape index (κ1) is 12.2. The highest BCUT2D eigenvalue weighted by Gasteiger charge is 2.28. The molecule has 2 aromatic rings. The summed E-state index contributed by atoms with van der Waals surface area (Å²) in [5.41, 5.74) is 2.05. The molecule has 0 radical (unpaired) electrons. The van der Waals surface area contributed by atoms with Gasteiger partial charge in [0.05, 0.1) is 6.10 Å². The molecular formula is C14H13BrO2S. The molecule has 0 spiro atoms. The van der Waals surface area contributed by atoms with Gasteiger partial charge in [0.2, 0.25) is 0 Å². The van der Waals surface area contributed by atoms with Crippen LogP contribution in [0.5, 0.6) is 5.75 Å². The Kier molecular flexibility index (Phi) is 3.18. The topological polar surface area (TPSA) is 29.5 Å². The van der Waals surface area contributed by atoms with Gasteiger partial charge in [-0.2, -0.15) is 0 Å². The fourth-order valence-corrected chi connectivity index (χ4v) is 3.72. The molecule has 1 aromatic heterocycles. The van der Waals surface area contributed by atoms with Crippen LogP contribution in [-0.2, 0) is 0 Å². The molecule has 2 heterocycles. The summed E-state index contributed by atoms with van der Waals surface area (Å²) in [7, 11) is 0. The maximum Gasteiger partial charge on any atom is 0.136 e. The number of aliphatic hydroxyl groups is 1. The van der Waals surface area contributed by atoms with Crippen molar-refractivity contribution in [2.75, 3.05) is 0 Å². The van der Waals surface area contributed by atoms with Crippen LogP contribution in [0.3, 0.4) is 0 Å². The van der Waals surface area contributed by atoms with E-state index in [0.29, 0.717) is 6.42 Å². The first-order valence-corrected chi connectivity index (χ1v) is 7.50. The molecule has 3 rings (SSSR count). The molecule has 4 heteroatoms. The van der Waals surface area contributed by atoms with Crippen molar-refractivity contribution >= 4 is 27.3 Å². The van der Waals surface area contributed by atoms with Gasteiger partial charge in [-0.1, -0.05) is 11.6 Å². The standard InChI is InChI=1S/C14H13BrO2S/c1-8-2-3-12-10(4-8)11(16)6-13(17-12)14-5-9(15)7-18-14/h2-5,7,11,13,16H,6H2,1H3/t11-,13?/m1/s1. The Bertz CT molecular complexity index is 579. The number of aliphatic hydroxyl groups excluding tert-OH is 1.